The number of carbonyl (C=O) groups excluding carboxylic acids is 1. The maximum atomic E-state index is 13.1. The van der Waals surface area contributed by atoms with E-state index in [0.29, 0.717) is 23.6 Å². The van der Waals surface area contributed by atoms with Crippen molar-refractivity contribution in [1.82, 2.24) is 34.7 Å². The highest BCUT2D eigenvalue weighted by Gasteiger charge is 2.27. The van der Waals surface area contributed by atoms with E-state index in [0.717, 1.165) is 18.8 Å². The van der Waals surface area contributed by atoms with Gasteiger partial charge in [0.25, 0.3) is 5.91 Å². The summed E-state index contributed by atoms with van der Waals surface area (Å²) in [5, 5.41) is 11.4. The Labute approximate surface area is 164 Å². The topological polar surface area (TPSA) is 93.2 Å². The highest BCUT2D eigenvalue weighted by molar-refractivity contribution is 5.92. The molecule has 1 amide bonds. The van der Waals surface area contributed by atoms with Crippen molar-refractivity contribution in [3.63, 3.8) is 0 Å². The summed E-state index contributed by atoms with van der Waals surface area (Å²) >= 11 is 0. The van der Waals surface area contributed by atoms with Gasteiger partial charge in [-0.15, -0.1) is 0 Å². The molecule has 5 rings (SSSR count). The summed E-state index contributed by atoms with van der Waals surface area (Å²) in [4.78, 5) is 23.4. The van der Waals surface area contributed by atoms with Crippen LogP contribution in [0.2, 0.25) is 0 Å². The van der Waals surface area contributed by atoms with Gasteiger partial charge in [-0.1, -0.05) is 0 Å². The Hall–Kier alpha value is -3.82. The van der Waals surface area contributed by atoms with Gasteiger partial charge in [-0.05, 0) is 36.8 Å². The van der Waals surface area contributed by atoms with Crippen molar-refractivity contribution in [2.24, 2.45) is 0 Å². The molecule has 0 spiro atoms. The van der Waals surface area contributed by atoms with E-state index < -0.39 is 0 Å². The molecular formula is C19H17FN8O. The predicted octanol–water partition coefficient (Wildman–Crippen LogP) is 1.46. The zero-order valence-corrected chi connectivity index (χ0v) is 15.3. The Balaban J connectivity index is 1.26. The molecule has 1 unspecified atom stereocenters. The zero-order valence-electron chi connectivity index (χ0n) is 15.3. The van der Waals surface area contributed by atoms with Gasteiger partial charge in [0, 0.05) is 37.7 Å². The molecule has 9 nitrogen and oxygen atoms in total. The van der Waals surface area contributed by atoms with Crippen LogP contribution in [-0.4, -0.2) is 54.4 Å². The number of aromatic nitrogens is 6. The number of hydrogen-bond donors (Lipinski definition) is 1. The average Bonchev–Trinajstić information content (AvgIpc) is 3.48. The third kappa shape index (κ3) is 3.28. The van der Waals surface area contributed by atoms with Crippen LogP contribution in [0.25, 0.3) is 11.3 Å². The number of amides is 1. The number of nitrogens with one attached hydrogen (secondary N) is 1. The van der Waals surface area contributed by atoms with Gasteiger partial charge in [-0.25, -0.2) is 23.6 Å². The summed E-state index contributed by atoms with van der Waals surface area (Å²) in [6.07, 6.45) is 7.40. The Morgan fingerprint density at radius 3 is 2.86 bits per heavy atom. The van der Waals surface area contributed by atoms with Gasteiger partial charge >= 0.3 is 0 Å². The van der Waals surface area contributed by atoms with Gasteiger partial charge in [0.05, 0.1) is 5.69 Å². The first-order chi connectivity index (χ1) is 14.2. The quantitative estimate of drug-likeness (QED) is 0.565. The number of nitrogens with zero attached hydrogens (tertiary/aromatic N) is 7. The van der Waals surface area contributed by atoms with Gasteiger partial charge < -0.3 is 10.2 Å². The highest BCUT2D eigenvalue weighted by Crippen LogP contribution is 2.21. The fraction of sp³-hybridized carbons (Fsp3) is 0.211. The third-order valence-electron chi connectivity index (χ3n) is 4.91. The summed E-state index contributed by atoms with van der Waals surface area (Å²) in [7, 11) is 0. The number of fused-ring (bicyclic) bond motifs is 1. The van der Waals surface area contributed by atoms with E-state index in [1.54, 1.807) is 46.0 Å². The Morgan fingerprint density at radius 1 is 1.14 bits per heavy atom. The molecule has 10 heteroatoms. The maximum Gasteiger partial charge on any atom is 0.272 e. The lowest BCUT2D eigenvalue weighted by Gasteiger charge is -2.17. The lowest BCUT2D eigenvalue weighted by atomic mass is 10.2. The van der Waals surface area contributed by atoms with Crippen LogP contribution >= 0.6 is 0 Å². The number of anilines is 1. The fourth-order valence-corrected chi connectivity index (χ4v) is 3.48. The van der Waals surface area contributed by atoms with E-state index >= 15 is 0 Å². The molecule has 1 aliphatic heterocycles. The second-order valence-electron chi connectivity index (χ2n) is 6.81. The van der Waals surface area contributed by atoms with Crippen LogP contribution in [0.15, 0.2) is 55.2 Å². The maximum absolute atomic E-state index is 13.1. The number of carbonyl (C=O) groups is 1. The second kappa shape index (κ2) is 6.97. The fourth-order valence-electron chi connectivity index (χ4n) is 3.48. The van der Waals surface area contributed by atoms with Gasteiger partial charge in [-0.3, -0.25) is 4.79 Å². The number of halogens is 1. The van der Waals surface area contributed by atoms with Crippen molar-refractivity contribution in [3.05, 3.63) is 66.8 Å². The van der Waals surface area contributed by atoms with Crippen molar-refractivity contribution in [1.29, 1.82) is 0 Å². The molecule has 1 aliphatic rings. The Morgan fingerprint density at radius 2 is 2.00 bits per heavy atom. The molecule has 4 aromatic rings. The van der Waals surface area contributed by atoms with Gasteiger partial charge in [0.15, 0.2) is 17.2 Å². The van der Waals surface area contributed by atoms with Crippen LogP contribution in [0.5, 0.6) is 0 Å². The number of benzene rings is 1. The molecule has 1 fully saturated rings. The molecule has 1 saturated heterocycles. The largest absolute Gasteiger partial charge is 0.351 e. The normalized spacial score (nSPS) is 16.4. The number of rotatable bonds is 4. The SMILES string of the molecule is O=C(NC1CCN(c2nccn3ncnc23)C1)c1ccn(-c2ccc(F)cc2)n1. The minimum absolute atomic E-state index is 0.0246. The summed E-state index contributed by atoms with van der Waals surface area (Å²) in [6.45, 7) is 1.39. The first kappa shape index (κ1) is 17.3. The van der Waals surface area contributed by atoms with Gasteiger partial charge in [0.1, 0.15) is 12.1 Å². The molecular weight excluding hydrogens is 375 g/mol. The summed E-state index contributed by atoms with van der Waals surface area (Å²) < 4.78 is 16.3. The van der Waals surface area contributed by atoms with Crippen molar-refractivity contribution < 1.29 is 9.18 Å². The first-order valence-corrected chi connectivity index (χ1v) is 9.19. The summed E-state index contributed by atoms with van der Waals surface area (Å²) in [5.74, 6) is 0.190. The molecule has 1 aromatic carbocycles. The van der Waals surface area contributed by atoms with Crippen molar-refractivity contribution in [2.75, 3.05) is 18.0 Å². The van der Waals surface area contributed by atoms with Crippen LogP contribution in [0.1, 0.15) is 16.9 Å². The molecule has 3 aromatic heterocycles. The van der Waals surface area contributed by atoms with E-state index in [2.05, 4.69) is 30.4 Å². The van der Waals surface area contributed by atoms with E-state index in [1.165, 1.54) is 18.5 Å². The smallest absolute Gasteiger partial charge is 0.272 e. The molecule has 29 heavy (non-hydrogen) atoms. The monoisotopic (exact) mass is 392 g/mol. The minimum atomic E-state index is -0.319. The molecule has 0 aliphatic carbocycles. The lowest BCUT2D eigenvalue weighted by molar-refractivity contribution is 0.0935. The van der Waals surface area contributed by atoms with Crippen LogP contribution in [0.4, 0.5) is 10.2 Å². The van der Waals surface area contributed by atoms with Crippen LogP contribution in [0.3, 0.4) is 0 Å². The van der Waals surface area contributed by atoms with Gasteiger partial charge in [0.2, 0.25) is 0 Å². The Bertz CT molecular complexity index is 1170. The van der Waals surface area contributed by atoms with Crippen molar-refractivity contribution >= 4 is 17.4 Å². The molecule has 0 radical (unpaired) electrons. The summed E-state index contributed by atoms with van der Waals surface area (Å²) in [5.41, 5.74) is 1.69. The minimum Gasteiger partial charge on any atom is -0.351 e. The molecule has 1 atom stereocenters. The molecule has 1 N–H and O–H groups in total. The van der Waals surface area contributed by atoms with E-state index in [9.17, 15) is 9.18 Å². The number of hydrogen-bond acceptors (Lipinski definition) is 6. The van der Waals surface area contributed by atoms with E-state index in [4.69, 9.17) is 0 Å². The van der Waals surface area contributed by atoms with Crippen molar-refractivity contribution in [3.8, 4) is 5.69 Å². The average molecular weight is 392 g/mol. The Kier molecular flexibility index (Phi) is 4.15. The molecule has 0 bridgehead atoms. The molecule has 146 valence electrons. The third-order valence-corrected chi connectivity index (χ3v) is 4.91. The standard InChI is InChI=1S/C19H17FN8O/c20-13-1-3-15(4-2-13)27-9-6-16(25-27)19(29)24-14-5-8-26(11-14)17-18-22-12-23-28(18)10-7-21-17/h1-4,6-7,9-10,12,14H,5,8,11H2,(H,24,29). The van der Waals surface area contributed by atoms with Crippen molar-refractivity contribution in [2.45, 2.75) is 12.5 Å². The van der Waals surface area contributed by atoms with Crippen LogP contribution in [0, 0.1) is 5.82 Å². The summed E-state index contributed by atoms with van der Waals surface area (Å²) in [6, 6.07) is 7.54. The first-order valence-electron chi connectivity index (χ1n) is 9.19. The van der Waals surface area contributed by atoms with Gasteiger partial charge in [-0.2, -0.15) is 10.2 Å². The van der Waals surface area contributed by atoms with Crippen LogP contribution < -0.4 is 10.2 Å². The van der Waals surface area contributed by atoms with E-state index in [-0.39, 0.29) is 17.8 Å². The molecule has 4 heterocycles. The lowest BCUT2D eigenvalue weighted by Crippen LogP contribution is -2.37. The zero-order chi connectivity index (χ0) is 19.8. The molecule has 0 saturated carbocycles. The van der Waals surface area contributed by atoms with E-state index in [1.807, 2.05) is 0 Å². The van der Waals surface area contributed by atoms with Crippen LogP contribution in [-0.2, 0) is 0 Å². The highest BCUT2D eigenvalue weighted by atomic mass is 19.1. The predicted molar refractivity (Wildman–Crippen MR) is 102 cm³/mol. The second-order valence-corrected chi connectivity index (χ2v) is 6.81.